The minimum Gasteiger partial charge on any atom is -0.385 e. The van der Waals surface area contributed by atoms with E-state index < -0.39 is 0 Å². The van der Waals surface area contributed by atoms with E-state index in [4.69, 9.17) is 4.74 Å². The molecule has 2 nitrogen and oxygen atoms in total. The van der Waals surface area contributed by atoms with Crippen LogP contribution in [0.1, 0.15) is 43.4 Å². The Morgan fingerprint density at radius 2 is 2.20 bits per heavy atom. The maximum atomic E-state index is 5.16. The highest BCUT2D eigenvalue weighted by Crippen LogP contribution is 2.36. The Morgan fingerprint density at radius 3 is 3.00 bits per heavy atom. The average Bonchev–Trinajstić information content (AvgIpc) is 2.64. The van der Waals surface area contributed by atoms with Crippen molar-refractivity contribution in [3.05, 3.63) is 35.4 Å². The second-order valence-corrected chi connectivity index (χ2v) is 6.73. The Bertz CT molecular complexity index is 396. The van der Waals surface area contributed by atoms with E-state index >= 15 is 0 Å². The molecule has 3 heteroatoms. The predicted molar refractivity (Wildman–Crippen MR) is 88.5 cm³/mol. The Hall–Kier alpha value is -0.510. The SMILES string of the molecule is CCNC1c2ccccc2CCCC1SCCCOC. The van der Waals surface area contributed by atoms with Crippen LogP contribution in [0.4, 0.5) is 0 Å². The summed E-state index contributed by atoms with van der Waals surface area (Å²) in [5.74, 6) is 1.20. The van der Waals surface area contributed by atoms with Gasteiger partial charge in [-0.3, -0.25) is 0 Å². The Balaban J connectivity index is 2.06. The van der Waals surface area contributed by atoms with Gasteiger partial charge < -0.3 is 10.1 Å². The van der Waals surface area contributed by atoms with Gasteiger partial charge in [-0.05, 0) is 49.1 Å². The molecule has 0 radical (unpaired) electrons. The van der Waals surface area contributed by atoms with Gasteiger partial charge in [0.1, 0.15) is 0 Å². The lowest BCUT2D eigenvalue weighted by Crippen LogP contribution is -2.30. The average molecular weight is 293 g/mol. The van der Waals surface area contributed by atoms with Gasteiger partial charge in [-0.25, -0.2) is 0 Å². The van der Waals surface area contributed by atoms with E-state index in [2.05, 4.69) is 48.3 Å². The van der Waals surface area contributed by atoms with E-state index in [-0.39, 0.29) is 0 Å². The lowest BCUT2D eigenvalue weighted by molar-refractivity contribution is 0.200. The molecule has 2 rings (SSSR count). The van der Waals surface area contributed by atoms with E-state index in [0.29, 0.717) is 11.3 Å². The van der Waals surface area contributed by atoms with Gasteiger partial charge in [0, 0.05) is 25.0 Å². The molecular formula is C17H27NOS. The summed E-state index contributed by atoms with van der Waals surface area (Å²) in [5.41, 5.74) is 3.06. The van der Waals surface area contributed by atoms with Gasteiger partial charge in [0.05, 0.1) is 0 Å². The number of rotatable bonds is 7. The molecule has 1 aliphatic carbocycles. The van der Waals surface area contributed by atoms with Crippen LogP contribution < -0.4 is 5.32 Å². The summed E-state index contributed by atoms with van der Waals surface area (Å²) in [7, 11) is 1.79. The van der Waals surface area contributed by atoms with Crippen molar-refractivity contribution in [3.8, 4) is 0 Å². The zero-order valence-corrected chi connectivity index (χ0v) is 13.5. The van der Waals surface area contributed by atoms with Gasteiger partial charge in [0.25, 0.3) is 0 Å². The smallest absolute Gasteiger partial charge is 0.0470 e. The summed E-state index contributed by atoms with van der Waals surface area (Å²) in [6, 6.07) is 9.48. The van der Waals surface area contributed by atoms with Gasteiger partial charge in [0.15, 0.2) is 0 Å². The van der Waals surface area contributed by atoms with E-state index in [1.165, 1.54) is 30.6 Å². The molecule has 0 amide bonds. The monoisotopic (exact) mass is 293 g/mol. The molecule has 0 aliphatic heterocycles. The quantitative estimate of drug-likeness (QED) is 0.610. The lowest BCUT2D eigenvalue weighted by atomic mass is 9.99. The fraction of sp³-hybridized carbons (Fsp3) is 0.647. The normalized spacial score (nSPS) is 22.3. The second-order valence-electron chi connectivity index (χ2n) is 5.38. The summed E-state index contributed by atoms with van der Waals surface area (Å²) in [6.07, 6.45) is 5.00. The molecule has 0 saturated heterocycles. The first-order chi connectivity index (χ1) is 9.86. The van der Waals surface area contributed by atoms with Crippen molar-refractivity contribution in [2.75, 3.05) is 26.0 Å². The van der Waals surface area contributed by atoms with Gasteiger partial charge in [-0.15, -0.1) is 0 Å². The third-order valence-electron chi connectivity index (χ3n) is 3.95. The van der Waals surface area contributed by atoms with Crippen molar-refractivity contribution in [2.45, 2.75) is 43.9 Å². The standard InChI is InChI=1S/C17H27NOS/c1-3-18-17-15-10-5-4-8-14(15)9-6-11-16(17)20-13-7-12-19-2/h4-5,8,10,16-18H,3,6-7,9,11-13H2,1-2H3. The number of hydrogen-bond acceptors (Lipinski definition) is 3. The molecule has 112 valence electrons. The minimum absolute atomic E-state index is 0.506. The number of benzene rings is 1. The third-order valence-corrected chi connectivity index (χ3v) is 5.41. The van der Waals surface area contributed by atoms with Gasteiger partial charge in [-0.2, -0.15) is 11.8 Å². The number of aryl methyl sites for hydroxylation is 1. The molecule has 1 aromatic carbocycles. The largest absolute Gasteiger partial charge is 0.385 e. The maximum Gasteiger partial charge on any atom is 0.0470 e. The van der Waals surface area contributed by atoms with E-state index in [0.717, 1.165) is 19.6 Å². The van der Waals surface area contributed by atoms with Crippen molar-refractivity contribution in [1.82, 2.24) is 5.32 Å². The topological polar surface area (TPSA) is 21.3 Å². The fourth-order valence-electron chi connectivity index (χ4n) is 3.00. The van der Waals surface area contributed by atoms with Crippen LogP contribution in [0.3, 0.4) is 0 Å². The van der Waals surface area contributed by atoms with Crippen molar-refractivity contribution in [3.63, 3.8) is 0 Å². The van der Waals surface area contributed by atoms with Crippen molar-refractivity contribution >= 4 is 11.8 Å². The molecule has 0 bridgehead atoms. The number of nitrogens with one attached hydrogen (secondary N) is 1. The molecular weight excluding hydrogens is 266 g/mol. The number of thioether (sulfide) groups is 1. The molecule has 2 unspecified atom stereocenters. The molecule has 0 fully saturated rings. The number of hydrogen-bond donors (Lipinski definition) is 1. The summed E-state index contributed by atoms with van der Waals surface area (Å²) >= 11 is 2.12. The first-order valence-corrected chi connectivity index (χ1v) is 8.83. The second kappa shape index (κ2) is 8.71. The van der Waals surface area contributed by atoms with E-state index in [1.54, 1.807) is 12.7 Å². The van der Waals surface area contributed by atoms with Crippen LogP contribution >= 0.6 is 11.8 Å². The predicted octanol–water partition coefficient (Wildman–Crippen LogP) is 3.81. The number of ether oxygens (including phenoxy) is 1. The van der Waals surface area contributed by atoms with Crippen LogP contribution in [0.15, 0.2) is 24.3 Å². The molecule has 1 aromatic rings. The van der Waals surface area contributed by atoms with Gasteiger partial charge >= 0.3 is 0 Å². The summed E-state index contributed by atoms with van der Waals surface area (Å²) in [5, 5.41) is 4.41. The highest BCUT2D eigenvalue weighted by Gasteiger charge is 2.26. The summed E-state index contributed by atoms with van der Waals surface area (Å²) < 4.78 is 5.16. The molecule has 1 aliphatic rings. The van der Waals surface area contributed by atoms with E-state index in [1.807, 2.05) is 0 Å². The molecule has 2 atom stereocenters. The zero-order chi connectivity index (χ0) is 14.2. The van der Waals surface area contributed by atoms with Crippen molar-refractivity contribution in [2.24, 2.45) is 0 Å². The van der Waals surface area contributed by atoms with Crippen molar-refractivity contribution in [1.29, 1.82) is 0 Å². The van der Waals surface area contributed by atoms with Crippen LogP contribution in [-0.2, 0) is 11.2 Å². The zero-order valence-electron chi connectivity index (χ0n) is 12.7. The third kappa shape index (κ3) is 4.24. The molecule has 1 N–H and O–H groups in total. The summed E-state index contributed by atoms with van der Waals surface area (Å²) in [6.45, 7) is 4.12. The van der Waals surface area contributed by atoms with Gasteiger partial charge in [-0.1, -0.05) is 31.2 Å². The Morgan fingerprint density at radius 1 is 1.35 bits per heavy atom. The minimum atomic E-state index is 0.506. The fourth-order valence-corrected chi connectivity index (χ4v) is 4.36. The number of methoxy groups -OCH3 is 1. The van der Waals surface area contributed by atoms with Crippen LogP contribution in [0.5, 0.6) is 0 Å². The number of fused-ring (bicyclic) bond motifs is 1. The first kappa shape index (κ1) is 15.9. The summed E-state index contributed by atoms with van der Waals surface area (Å²) in [4.78, 5) is 0. The van der Waals surface area contributed by atoms with E-state index in [9.17, 15) is 0 Å². The lowest BCUT2D eigenvalue weighted by Gasteiger charge is -2.27. The van der Waals surface area contributed by atoms with Crippen molar-refractivity contribution < 1.29 is 4.74 Å². The molecule has 0 aromatic heterocycles. The highest BCUT2D eigenvalue weighted by molar-refractivity contribution is 7.99. The molecule has 0 saturated carbocycles. The van der Waals surface area contributed by atoms with Crippen LogP contribution in [0.2, 0.25) is 0 Å². The molecule has 20 heavy (non-hydrogen) atoms. The highest BCUT2D eigenvalue weighted by atomic mass is 32.2. The molecule has 0 heterocycles. The molecule has 0 spiro atoms. The maximum absolute atomic E-state index is 5.16. The first-order valence-electron chi connectivity index (χ1n) is 7.78. The van der Waals surface area contributed by atoms with Crippen LogP contribution in [0, 0.1) is 0 Å². The Kier molecular flexibility index (Phi) is 6.91. The van der Waals surface area contributed by atoms with Crippen LogP contribution in [0.25, 0.3) is 0 Å². The Labute approximate surface area is 127 Å². The van der Waals surface area contributed by atoms with Crippen LogP contribution in [-0.4, -0.2) is 31.3 Å². The van der Waals surface area contributed by atoms with Gasteiger partial charge in [0.2, 0.25) is 0 Å².